The second-order valence-corrected chi connectivity index (χ2v) is 5.82. The predicted octanol–water partition coefficient (Wildman–Crippen LogP) is 4.79. The summed E-state index contributed by atoms with van der Waals surface area (Å²) in [7, 11) is 0. The first-order valence-electron chi connectivity index (χ1n) is 7.95. The molecule has 1 heterocycles. The number of ether oxygens (including phenoxy) is 1. The molecule has 1 N–H and O–H groups in total. The zero-order valence-electron chi connectivity index (χ0n) is 13.0. The van der Waals surface area contributed by atoms with Crippen molar-refractivity contribution in [2.75, 3.05) is 5.32 Å². The number of nitrogens with one attached hydrogen (secondary N) is 1. The summed E-state index contributed by atoms with van der Waals surface area (Å²) in [6, 6.07) is 7.80. The number of hydrogen-bond acceptors (Lipinski definition) is 4. The molecule has 0 aliphatic heterocycles. The minimum Gasteiger partial charge on any atom is -0.406 e. The zero-order valence-corrected chi connectivity index (χ0v) is 13.0. The molecule has 4 nitrogen and oxygen atoms in total. The third-order valence-electron chi connectivity index (χ3n) is 3.96. The molecule has 1 aliphatic rings. The lowest BCUT2D eigenvalue weighted by molar-refractivity contribution is -0.274. The molecule has 1 aromatic carbocycles. The van der Waals surface area contributed by atoms with E-state index >= 15 is 0 Å². The van der Waals surface area contributed by atoms with Gasteiger partial charge in [0.1, 0.15) is 5.75 Å². The minimum atomic E-state index is -4.71. The molecule has 0 spiro atoms. The van der Waals surface area contributed by atoms with E-state index in [9.17, 15) is 13.2 Å². The molecular weight excluding hydrogens is 319 g/mol. The maximum atomic E-state index is 12.3. The molecule has 0 unspecified atom stereocenters. The molecule has 1 saturated carbocycles. The Kier molecular flexibility index (Phi) is 4.87. The number of anilines is 1. The molecule has 7 heteroatoms. The average Bonchev–Trinajstić information content (AvgIpc) is 2.55. The Morgan fingerprint density at radius 2 is 1.88 bits per heavy atom. The van der Waals surface area contributed by atoms with Gasteiger partial charge in [-0.05, 0) is 31.0 Å². The average molecular weight is 337 g/mol. The number of rotatable bonds is 4. The highest BCUT2D eigenvalue weighted by Gasteiger charge is 2.31. The summed E-state index contributed by atoms with van der Waals surface area (Å²) in [6.45, 7) is 0. The molecule has 24 heavy (non-hydrogen) atoms. The van der Waals surface area contributed by atoms with Crippen LogP contribution in [-0.4, -0.2) is 22.4 Å². The Hall–Kier alpha value is -2.31. The van der Waals surface area contributed by atoms with Crippen molar-refractivity contribution in [3.8, 4) is 17.0 Å². The fourth-order valence-electron chi connectivity index (χ4n) is 2.87. The van der Waals surface area contributed by atoms with Crippen LogP contribution in [0.3, 0.4) is 0 Å². The Morgan fingerprint density at radius 1 is 1.08 bits per heavy atom. The maximum Gasteiger partial charge on any atom is 0.573 e. The lowest BCUT2D eigenvalue weighted by Gasteiger charge is -2.22. The summed E-state index contributed by atoms with van der Waals surface area (Å²) in [6.07, 6.45) is 2.70. The van der Waals surface area contributed by atoms with Gasteiger partial charge >= 0.3 is 6.36 Å². The van der Waals surface area contributed by atoms with Crippen molar-refractivity contribution in [3.05, 3.63) is 36.5 Å². The van der Waals surface area contributed by atoms with Crippen LogP contribution in [0.25, 0.3) is 11.3 Å². The Morgan fingerprint density at radius 3 is 2.62 bits per heavy atom. The van der Waals surface area contributed by atoms with Gasteiger partial charge in [-0.1, -0.05) is 31.4 Å². The van der Waals surface area contributed by atoms with Crippen LogP contribution in [0.1, 0.15) is 32.1 Å². The largest absolute Gasteiger partial charge is 0.573 e. The standard InChI is InChI=1S/C17H18F3N3O/c18-17(19,20)24-14-8-4-5-12(11-14)15-9-10-21-16(23-15)22-13-6-2-1-3-7-13/h4-5,8-11,13H,1-3,6-7H2,(H,21,22,23). The molecule has 0 bridgehead atoms. The zero-order chi connectivity index (χ0) is 17.0. The molecule has 128 valence electrons. The van der Waals surface area contributed by atoms with Gasteiger partial charge < -0.3 is 10.1 Å². The number of nitrogens with zero attached hydrogens (tertiary/aromatic N) is 2. The van der Waals surface area contributed by atoms with E-state index in [0.29, 0.717) is 23.2 Å². The monoisotopic (exact) mass is 337 g/mol. The molecule has 1 aromatic heterocycles. The quantitative estimate of drug-likeness (QED) is 0.871. The van der Waals surface area contributed by atoms with Crippen LogP contribution in [0, 0.1) is 0 Å². The smallest absolute Gasteiger partial charge is 0.406 e. The van der Waals surface area contributed by atoms with Crippen LogP contribution in [0.2, 0.25) is 0 Å². The van der Waals surface area contributed by atoms with Crippen molar-refractivity contribution in [1.29, 1.82) is 0 Å². The third-order valence-corrected chi connectivity index (χ3v) is 3.96. The fraction of sp³-hybridized carbons (Fsp3) is 0.412. The molecule has 0 amide bonds. The van der Waals surface area contributed by atoms with E-state index in [1.807, 2.05) is 0 Å². The fourth-order valence-corrected chi connectivity index (χ4v) is 2.87. The van der Waals surface area contributed by atoms with Gasteiger partial charge in [0.25, 0.3) is 0 Å². The molecule has 2 aromatic rings. The van der Waals surface area contributed by atoms with Gasteiger partial charge in [-0.2, -0.15) is 0 Å². The molecule has 1 aliphatic carbocycles. The van der Waals surface area contributed by atoms with E-state index in [2.05, 4.69) is 20.0 Å². The number of benzene rings is 1. The van der Waals surface area contributed by atoms with Gasteiger partial charge in [0.2, 0.25) is 5.95 Å². The first-order chi connectivity index (χ1) is 11.5. The summed E-state index contributed by atoms with van der Waals surface area (Å²) in [4.78, 5) is 8.62. The first kappa shape index (κ1) is 16.5. The third kappa shape index (κ3) is 4.59. The molecule has 0 radical (unpaired) electrons. The summed E-state index contributed by atoms with van der Waals surface area (Å²) >= 11 is 0. The highest BCUT2D eigenvalue weighted by molar-refractivity contribution is 5.62. The van der Waals surface area contributed by atoms with Crippen LogP contribution < -0.4 is 10.1 Å². The number of hydrogen-bond donors (Lipinski definition) is 1. The molecule has 1 fully saturated rings. The van der Waals surface area contributed by atoms with Crippen LogP contribution >= 0.6 is 0 Å². The summed E-state index contributed by atoms with van der Waals surface area (Å²) in [5.74, 6) is 0.238. The number of halogens is 3. The summed E-state index contributed by atoms with van der Waals surface area (Å²) in [5, 5.41) is 3.31. The lowest BCUT2D eigenvalue weighted by atomic mass is 9.96. The minimum absolute atomic E-state index is 0.264. The van der Waals surface area contributed by atoms with Crippen molar-refractivity contribution in [2.24, 2.45) is 0 Å². The molecule has 0 saturated heterocycles. The highest BCUT2D eigenvalue weighted by atomic mass is 19.4. The number of alkyl halides is 3. The van der Waals surface area contributed by atoms with Crippen molar-refractivity contribution in [1.82, 2.24) is 9.97 Å². The Labute approximate surface area is 138 Å². The Balaban J connectivity index is 1.77. The second kappa shape index (κ2) is 7.07. The normalized spacial score (nSPS) is 16.0. The van der Waals surface area contributed by atoms with Crippen LogP contribution in [-0.2, 0) is 0 Å². The number of aromatic nitrogens is 2. The maximum absolute atomic E-state index is 12.3. The van der Waals surface area contributed by atoms with Gasteiger partial charge in [0, 0.05) is 17.8 Å². The lowest BCUT2D eigenvalue weighted by Crippen LogP contribution is -2.23. The van der Waals surface area contributed by atoms with Gasteiger partial charge in [-0.15, -0.1) is 13.2 Å². The first-order valence-corrected chi connectivity index (χ1v) is 7.95. The van der Waals surface area contributed by atoms with E-state index in [1.165, 1.54) is 37.5 Å². The van der Waals surface area contributed by atoms with E-state index in [0.717, 1.165) is 12.8 Å². The van der Waals surface area contributed by atoms with Crippen molar-refractivity contribution >= 4 is 5.95 Å². The van der Waals surface area contributed by atoms with Crippen molar-refractivity contribution < 1.29 is 17.9 Å². The van der Waals surface area contributed by atoms with Crippen molar-refractivity contribution in [3.63, 3.8) is 0 Å². The van der Waals surface area contributed by atoms with Gasteiger partial charge in [0.15, 0.2) is 0 Å². The SMILES string of the molecule is FC(F)(F)Oc1cccc(-c2ccnc(NC3CCCCC3)n2)c1. The van der Waals surface area contributed by atoms with Gasteiger partial charge in [-0.25, -0.2) is 9.97 Å². The topological polar surface area (TPSA) is 47.0 Å². The van der Waals surface area contributed by atoms with E-state index < -0.39 is 6.36 Å². The van der Waals surface area contributed by atoms with Crippen LogP contribution in [0.5, 0.6) is 5.75 Å². The summed E-state index contributed by atoms with van der Waals surface area (Å²) in [5.41, 5.74) is 1.10. The van der Waals surface area contributed by atoms with Crippen LogP contribution in [0.4, 0.5) is 19.1 Å². The second-order valence-electron chi connectivity index (χ2n) is 5.82. The molecular formula is C17H18F3N3O. The van der Waals surface area contributed by atoms with E-state index in [-0.39, 0.29) is 5.75 Å². The predicted molar refractivity (Wildman–Crippen MR) is 84.6 cm³/mol. The molecule has 0 atom stereocenters. The summed E-state index contributed by atoms with van der Waals surface area (Å²) < 4.78 is 41.0. The van der Waals surface area contributed by atoms with E-state index in [4.69, 9.17) is 0 Å². The molecule has 3 rings (SSSR count). The highest BCUT2D eigenvalue weighted by Crippen LogP contribution is 2.27. The van der Waals surface area contributed by atoms with Gasteiger partial charge in [0.05, 0.1) is 5.69 Å². The van der Waals surface area contributed by atoms with Crippen LogP contribution in [0.15, 0.2) is 36.5 Å². The van der Waals surface area contributed by atoms with Crippen molar-refractivity contribution in [2.45, 2.75) is 44.5 Å². The Bertz CT molecular complexity index is 685. The van der Waals surface area contributed by atoms with Gasteiger partial charge in [-0.3, -0.25) is 0 Å². The van der Waals surface area contributed by atoms with E-state index in [1.54, 1.807) is 18.3 Å².